The van der Waals surface area contributed by atoms with Gasteiger partial charge in [0.1, 0.15) is 5.82 Å². The predicted molar refractivity (Wildman–Crippen MR) is 82.5 cm³/mol. The van der Waals surface area contributed by atoms with Crippen molar-refractivity contribution in [2.45, 2.75) is 6.42 Å². The van der Waals surface area contributed by atoms with Gasteiger partial charge in [-0.25, -0.2) is 4.98 Å². The van der Waals surface area contributed by atoms with Crippen LogP contribution in [-0.2, 0) is 6.42 Å². The number of hydrogen-bond acceptors (Lipinski definition) is 3. The van der Waals surface area contributed by atoms with Crippen LogP contribution < -0.4 is 0 Å². The van der Waals surface area contributed by atoms with E-state index < -0.39 is 0 Å². The second-order valence-corrected chi connectivity index (χ2v) is 5.24. The minimum absolute atomic E-state index is 0.370. The smallest absolute Gasteiger partial charge is 0.198 e. The zero-order valence-electron chi connectivity index (χ0n) is 11.1. The molecule has 21 heavy (non-hydrogen) atoms. The van der Waals surface area contributed by atoms with Crippen LogP contribution in [-0.4, -0.2) is 19.6 Å². The third kappa shape index (κ3) is 2.14. The topological polar surface area (TPSA) is 43.1 Å². The van der Waals surface area contributed by atoms with Gasteiger partial charge >= 0.3 is 0 Å². The Balaban J connectivity index is 1.77. The van der Waals surface area contributed by atoms with Crippen LogP contribution in [0.5, 0.6) is 0 Å². The molecule has 0 amide bonds. The standard InChI is InChI=1S/C16H11ClN4/c17-15-16-20-19-14(21(16)8-7-18-15)10-11-5-6-12-3-1-2-4-13(12)9-11/h1-9H,10H2. The lowest BCUT2D eigenvalue weighted by Gasteiger charge is -2.03. The number of rotatable bonds is 2. The summed E-state index contributed by atoms with van der Waals surface area (Å²) >= 11 is 6.02. The van der Waals surface area contributed by atoms with E-state index in [-0.39, 0.29) is 0 Å². The molecule has 4 aromatic rings. The Hall–Kier alpha value is -2.46. The fourth-order valence-electron chi connectivity index (χ4n) is 2.50. The van der Waals surface area contributed by atoms with Crippen LogP contribution in [0.4, 0.5) is 0 Å². The molecule has 0 saturated carbocycles. The van der Waals surface area contributed by atoms with E-state index in [2.05, 4.69) is 45.5 Å². The molecule has 0 fully saturated rings. The molecule has 0 bridgehead atoms. The lowest BCUT2D eigenvalue weighted by atomic mass is 10.1. The molecule has 0 aliphatic carbocycles. The molecule has 2 aromatic heterocycles. The highest BCUT2D eigenvalue weighted by Gasteiger charge is 2.09. The molecule has 102 valence electrons. The number of nitrogens with zero attached hydrogens (tertiary/aromatic N) is 4. The first-order valence-corrected chi connectivity index (χ1v) is 7.01. The largest absolute Gasteiger partial charge is 0.282 e. The minimum atomic E-state index is 0.370. The van der Waals surface area contributed by atoms with Crippen LogP contribution in [0, 0.1) is 0 Å². The molecule has 0 aliphatic rings. The minimum Gasteiger partial charge on any atom is -0.282 e. The lowest BCUT2D eigenvalue weighted by molar-refractivity contribution is 0.932. The summed E-state index contributed by atoms with van der Waals surface area (Å²) in [4.78, 5) is 4.01. The van der Waals surface area contributed by atoms with E-state index in [0.29, 0.717) is 17.2 Å². The highest BCUT2D eigenvalue weighted by molar-refractivity contribution is 6.32. The molecule has 0 N–H and O–H groups in total. The third-order valence-electron chi connectivity index (χ3n) is 3.53. The maximum atomic E-state index is 6.02. The fourth-order valence-corrected chi connectivity index (χ4v) is 2.68. The van der Waals surface area contributed by atoms with Crippen molar-refractivity contribution in [2.24, 2.45) is 0 Å². The molecule has 0 unspecified atom stereocenters. The molecule has 5 heteroatoms. The average molecular weight is 295 g/mol. The van der Waals surface area contributed by atoms with E-state index in [1.165, 1.54) is 16.3 Å². The Morgan fingerprint density at radius 1 is 1.00 bits per heavy atom. The van der Waals surface area contributed by atoms with Crippen LogP contribution >= 0.6 is 11.6 Å². The summed E-state index contributed by atoms with van der Waals surface area (Å²) < 4.78 is 1.88. The lowest BCUT2D eigenvalue weighted by Crippen LogP contribution is -1.97. The highest BCUT2D eigenvalue weighted by atomic mass is 35.5. The maximum absolute atomic E-state index is 6.02. The van der Waals surface area contributed by atoms with Gasteiger partial charge in [0.25, 0.3) is 0 Å². The second-order valence-electron chi connectivity index (χ2n) is 4.89. The van der Waals surface area contributed by atoms with Crippen molar-refractivity contribution in [3.63, 3.8) is 0 Å². The van der Waals surface area contributed by atoms with Crippen LogP contribution in [0.3, 0.4) is 0 Å². The van der Waals surface area contributed by atoms with E-state index in [9.17, 15) is 0 Å². The monoisotopic (exact) mass is 294 g/mol. The Morgan fingerprint density at radius 3 is 2.76 bits per heavy atom. The Morgan fingerprint density at radius 2 is 1.86 bits per heavy atom. The van der Waals surface area contributed by atoms with Crippen molar-refractivity contribution in [1.82, 2.24) is 19.6 Å². The first-order chi connectivity index (χ1) is 10.3. The maximum Gasteiger partial charge on any atom is 0.198 e. The molecule has 0 atom stereocenters. The molecule has 4 rings (SSSR count). The van der Waals surface area contributed by atoms with E-state index in [4.69, 9.17) is 11.6 Å². The molecule has 0 aliphatic heterocycles. The SMILES string of the molecule is Clc1nccn2c(Cc3ccc4ccccc4c3)nnc12. The predicted octanol–water partition coefficient (Wildman–Crippen LogP) is 3.52. The van der Waals surface area contributed by atoms with Crippen LogP contribution in [0.15, 0.2) is 54.9 Å². The van der Waals surface area contributed by atoms with Crippen LogP contribution in [0.25, 0.3) is 16.4 Å². The molecule has 0 spiro atoms. The number of benzene rings is 2. The Labute approximate surface area is 126 Å². The van der Waals surface area contributed by atoms with E-state index >= 15 is 0 Å². The number of halogens is 1. The number of aromatic nitrogens is 4. The molecular weight excluding hydrogens is 284 g/mol. The second kappa shape index (κ2) is 4.82. The van der Waals surface area contributed by atoms with E-state index in [1.54, 1.807) is 6.20 Å². The third-order valence-corrected chi connectivity index (χ3v) is 3.80. The van der Waals surface area contributed by atoms with Gasteiger partial charge in [0.2, 0.25) is 0 Å². The zero-order valence-corrected chi connectivity index (χ0v) is 11.8. The Kier molecular flexibility index (Phi) is 2.82. The normalized spacial score (nSPS) is 11.3. The summed E-state index contributed by atoms with van der Waals surface area (Å²) in [5.74, 6) is 0.851. The number of fused-ring (bicyclic) bond motifs is 2. The Bertz CT molecular complexity index is 945. The van der Waals surface area contributed by atoms with Gasteiger partial charge in [-0.2, -0.15) is 0 Å². The van der Waals surface area contributed by atoms with Gasteiger partial charge in [-0.1, -0.05) is 54.1 Å². The van der Waals surface area contributed by atoms with Crippen LogP contribution in [0.1, 0.15) is 11.4 Å². The average Bonchev–Trinajstić information content (AvgIpc) is 2.92. The quantitative estimate of drug-likeness (QED) is 0.568. The van der Waals surface area contributed by atoms with Gasteiger partial charge in [-0.05, 0) is 16.3 Å². The number of hydrogen-bond donors (Lipinski definition) is 0. The van der Waals surface area contributed by atoms with Gasteiger partial charge < -0.3 is 0 Å². The summed E-state index contributed by atoms with van der Waals surface area (Å²) in [6.07, 6.45) is 4.19. The molecule has 2 aromatic carbocycles. The zero-order chi connectivity index (χ0) is 14.2. The summed E-state index contributed by atoms with van der Waals surface area (Å²) in [6, 6.07) is 14.7. The van der Waals surface area contributed by atoms with E-state index in [0.717, 1.165) is 5.82 Å². The van der Waals surface area contributed by atoms with Crippen molar-refractivity contribution in [1.29, 1.82) is 0 Å². The van der Waals surface area contributed by atoms with Gasteiger partial charge in [0, 0.05) is 18.8 Å². The first kappa shape index (κ1) is 12.3. The van der Waals surface area contributed by atoms with Gasteiger partial charge in [0.05, 0.1) is 0 Å². The molecule has 0 radical (unpaired) electrons. The van der Waals surface area contributed by atoms with Gasteiger partial charge in [-0.3, -0.25) is 4.40 Å². The fraction of sp³-hybridized carbons (Fsp3) is 0.0625. The highest BCUT2D eigenvalue weighted by Crippen LogP contribution is 2.19. The van der Waals surface area contributed by atoms with Crippen molar-refractivity contribution < 1.29 is 0 Å². The van der Waals surface area contributed by atoms with Crippen molar-refractivity contribution in [3.8, 4) is 0 Å². The first-order valence-electron chi connectivity index (χ1n) is 6.63. The summed E-state index contributed by atoms with van der Waals surface area (Å²) in [5.41, 5.74) is 1.78. The molecule has 2 heterocycles. The van der Waals surface area contributed by atoms with Gasteiger partial charge in [0.15, 0.2) is 10.8 Å². The van der Waals surface area contributed by atoms with Gasteiger partial charge in [-0.15, -0.1) is 10.2 Å². The van der Waals surface area contributed by atoms with Crippen molar-refractivity contribution in [2.75, 3.05) is 0 Å². The molecule has 0 saturated heterocycles. The molecular formula is C16H11ClN4. The van der Waals surface area contributed by atoms with Crippen LogP contribution in [0.2, 0.25) is 5.15 Å². The summed E-state index contributed by atoms with van der Waals surface area (Å²) in [5, 5.41) is 11.1. The summed E-state index contributed by atoms with van der Waals surface area (Å²) in [6.45, 7) is 0. The van der Waals surface area contributed by atoms with Crippen molar-refractivity contribution in [3.05, 3.63) is 71.4 Å². The summed E-state index contributed by atoms with van der Waals surface area (Å²) in [7, 11) is 0. The molecule has 4 nitrogen and oxygen atoms in total. The van der Waals surface area contributed by atoms with Crippen molar-refractivity contribution >= 4 is 28.0 Å². The van der Waals surface area contributed by atoms with E-state index in [1.807, 2.05) is 22.7 Å².